The topological polar surface area (TPSA) is 75.6 Å². The first kappa shape index (κ1) is 12.9. The summed E-state index contributed by atoms with van der Waals surface area (Å²) in [5, 5.41) is 9.42. The molecule has 0 fully saturated rings. The van der Waals surface area contributed by atoms with Crippen LogP contribution in [0.15, 0.2) is 0 Å². The number of aryl methyl sites for hydroxylation is 1. The zero-order chi connectivity index (χ0) is 12.0. The second kappa shape index (κ2) is 6.39. The predicted molar refractivity (Wildman–Crippen MR) is 61.0 cm³/mol. The third-order valence-electron chi connectivity index (χ3n) is 1.94. The summed E-state index contributed by atoms with van der Waals surface area (Å²) in [5.41, 5.74) is 0. The van der Waals surface area contributed by atoms with E-state index in [4.69, 9.17) is 9.84 Å². The predicted octanol–water partition coefficient (Wildman–Crippen LogP) is 0.638. The molecule has 0 saturated heterocycles. The van der Waals surface area contributed by atoms with Crippen LogP contribution in [0.3, 0.4) is 0 Å². The van der Waals surface area contributed by atoms with Gasteiger partial charge in [-0.25, -0.2) is 4.98 Å². The molecule has 1 rings (SSSR count). The van der Waals surface area contributed by atoms with Crippen LogP contribution in [0.2, 0.25) is 0 Å². The molecular formula is C9H15N3O3S. The summed E-state index contributed by atoms with van der Waals surface area (Å²) in [6, 6.07) is 0. The first-order chi connectivity index (χ1) is 7.67. The van der Waals surface area contributed by atoms with E-state index >= 15 is 0 Å². The van der Waals surface area contributed by atoms with Gasteiger partial charge in [-0.3, -0.25) is 4.79 Å². The Bertz CT molecular complexity index is 342. The number of methoxy groups -OCH3 is 1. The van der Waals surface area contributed by atoms with Gasteiger partial charge in [-0.2, -0.15) is 4.37 Å². The molecule has 0 radical (unpaired) electrons. The molecule has 16 heavy (non-hydrogen) atoms. The van der Waals surface area contributed by atoms with Crippen molar-refractivity contribution in [1.29, 1.82) is 0 Å². The van der Waals surface area contributed by atoms with Crippen molar-refractivity contribution in [2.45, 2.75) is 13.3 Å². The summed E-state index contributed by atoms with van der Waals surface area (Å²) >= 11 is 1.22. The number of hydrogen-bond acceptors (Lipinski definition) is 6. The van der Waals surface area contributed by atoms with Gasteiger partial charge >= 0.3 is 5.97 Å². The van der Waals surface area contributed by atoms with Gasteiger partial charge in [0.15, 0.2) is 0 Å². The van der Waals surface area contributed by atoms with Crippen LogP contribution in [0.25, 0.3) is 0 Å². The fourth-order valence-electron chi connectivity index (χ4n) is 1.12. The van der Waals surface area contributed by atoms with E-state index in [0.29, 0.717) is 18.3 Å². The second-order valence-corrected chi connectivity index (χ2v) is 3.89. The molecule has 0 saturated carbocycles. The van der Waals surface area contributed by atoms with Gasteiger partial charge in [-0.05, 0) is 0 Å². The molecule has 0 aromatic carbocycles. The Morgan fingerprint density at radius 3 is 2.88 bits per heavy atom. The highest BCUT2D eigenvalue weighted by Crippen LogP contribution is 2.16. The number of anilines is 1. The van der Waals surface area contributed by atoms with E-state index in [9.17, 15) is 4.79 Å². The minimum absolute atomic E-state index is 0.0816. The molecule has 0 unspecified atom stereocenters. The lowest BCUT2D eigenvalue weighted by atomic mass is 10.5. The van der Waals surface area contributed by atoms with Crippen molar-refractivity contribution in [2.75, 3.05) is 31.7 Å². The van der Waals surface area contributed by atoms with E-state index in [-0.39, 0.29) is 6.54 Å². The minimum Gasteiger partial charge on any atom is -0.480 e. The van der Waals surface area contributed by atoms with Crippen molar-refractivity contribution < 1.29 is 14.6 Å². The number of carboxylic acids is 1. The van der Waals surface area contributed by atoms with Crippen molar-refractivity contribution in [3.63, 3.8) is 0 Å². The average Bonchev–Trinajstić information content (AvgIpc) is 2.72. The number of carbonyl (C=O) groups is 1. The van der Waals surface area contributed by atoms with Crippen LogP contribution >= 0.6 is 11.5 Å². The lowest BCUT2D eigenvalue weighted by molar-refractivity contribution is -0.135. The van der Waals surface area contributed by atoms with Gasteiger partial charge in [0.25, 0.3) is 0 Å². The summed E-state index contributed by atoms with van der Waals surface area (Å²) in [7, 11) is 1.58. The molecule has 90 valence electrons. The zero-order valence-corrected chi connectivity index (χ0v) is 10.2. The first-order valence-electron chi connectivity index (χ1n) is 4.95. The Labute approximate surface area is 98.0 Å². The number of rotatable bonds is 7. The van der Waals surface area contributed by atoms with Crippen LogP contribution in [-0.4, -0.2) is 47.2 Å². The number of nitrogens with zero attached hydrogens (tertiary/aromatic N) is 3. The SMILES string of the molecule is CCc1nsc(N(CCOC)CC(=O)O)n1. The maximum Gasteiger partial charge on any atom is 0.323 e. The fourth-order valence-corrected chi connectivity index (χ4v) is 1.90. The van der Waals surface area contributed by atoms with Gasteiger partial charge in [-0.15, -0.1) is 0 Å². The lowest BCUT2D eigenvalue weighted by Crippen LogP contribution is -2.32. The van der Waals surface area contributed by atoms with E-state index in [0.717, 1.165) is 12.2 Å². The van der Waals surface area contributed by atoms with Crippen molar-refractivity contribution in [1.82, 2.24) is 9.36 Å². The highest BCUT2D eigenvalue weighted by Gasteiger charge is 2.14. The Hall–Kier alpha value is -1.21. The largest absolute Gasteiger partial charge is 0.480 e. The van der Waals surface area contributed by atoms with Crippen LogP contribution in [-0.2, 0) is 16.0 Å². The molecule has 0 amide bonds. The highest BCUT2D eigenvalue weighted by molar-refractivity contribution is 7.09. The van der Waals surface area contributed by atoms with Gasteiger partial charge in [0.1, 0.15) is 12.4 Å². The van der Waals surface area contributed by atoms with Crippen LogP contribution in [0.4, 0.5) is 5.13 Å². The summed E-state index contributed by atoms with van der Waals surface area (Å²) in [6.07, 6.45) is 0.752. The average molecular weight is 245 g/mol. The van der Waals surface area contributed by atoms with Crippen LogP contribution in [0.1, 0.15) is 12.7 Å². The van der Waals surface area contributed by atoms with E-state index in [1.54, 1.807) is 12.0 Å². The van der Waals surface area contributed by atoms with Gasteiger partial charge in [0.05, 0.1) is 6.61 Å². The molecular weight excluding hydrogens is 230 g/mol. The lowest BCUT2D eigenvalue weighted by Gasteiger charge is -2.18. The Morgan fingerprint density at radius 2 is 2.38 bits per heavy atom. The number of ether oxygens (including phenoxy) is 1. The standard InChI is InChI=1S/C9H15N3O3S/c1-3-7-10-9(16-11-7)12(4-5-15-2)6-8(13)14/h3-6H2,1-2H3,(H,13,14). The van der Waals surface area contributed by atoms with Crippen molar-refractivity contribution >= 4 is 22.6 Å². The first-order valence-corrected chi connectivity index (χ1v) is 5.73. The highest BCUT2D eigenvalue weighted by atomic mass is 32.1. The zero-order valence-electron chi connectivity index (χ0n) is 9.34. The molecule has 0 bridgehead atoms. The van der Waals surface area contributed by atoms with E-state index < -0.39 is 5.97 Å². The molecule has 6 nitrogen and oxygen atoms in total. The van der Waals surface area contributed by atoms with Crippen LogP contribution in [0.5, 0.6) is 0 Å². The van der Waals surface area contributed by atoms with Gasteiger partial charge in [0, 0.05) is 31.6 Å². The number of hydrogen-bond donors (Lipinski definition) is 1. The molecule has 0 aliphatic heterocycles. The normalized spacial score (nSPS) is 10.4. The van der Waals surface area contributed by atoms with E-state index in [1.165, 1.54) is 11.5 Å². The fraction of sp³-hybridized carbons (Fsp3) is 0.667. The van der Waals surface area contributed by atoms with Crippen LogP contribution < -0.4 is 4.90 Å². The second-order valence-electron chi connectivity index (χ2n) is 3.15. The van der Waals surface area contributed by atoms with Gasteiger partial charge in [-0.1, -0.05) is 6.92 Å². The quantitative estimate of drug-likeness (QED) is 0.759. The van der Waals surface area contributed by atoms with Gasteiger partial charge < -0.3 is 14.7 Å². The monoisotopic (exact) mass is 245 g/mol. The smallest absolute Gasteiger partial charge is 0.323 e. The molecule has 7 heteroatoms. The molecule has 1 aromatic rings. The molecule has 0 aliphatic rings. The summed E-state index contributed by atoms with van der Waals surface area (Å²) < 4.78 is 9.06. The number of aromatic nitrogens is 2. The Balaban J connectivity index is 2.69. The Kier molecular flexibility index (Phi) is 5.13. The summed E-state index contributed by atoms with van der Waals surface area (Å²) in [6.45, 7) is 2.85. The molecule has 0 atom stereocenters. The van der Waals surface area contributed by atoms with E-state index in [1.807, 2.05) is 6.92 Å². The number of carboxylic acid groups (broad SMARTS) is 1. The molecule has 0 aliphatic carbocycles. The molecule has 1 N–H and O–H groups in total. The third-order valence-corrected chi connectivity index (χ3v) is 2.75. The Morgan fingerprint density at radius 1 is 1.62 bits per heavy atom. The van der Waals surface area contributed by atoms with Crippen molar-refractivity contribution in [3.8, 4) is 0 Å². The van der Waals surface area contributed by atoms with Crippen molar-refractivity contribution in [2.24, 2.45) is 0 Å². The summed E-state index contributed by atoms with van der Waals surface area (Å²) in [5.74, 6) is -0.142. The summed E-state index contributed by atoms with van der Waals surface area (Å²) in [4.78, 5) is 16.6. The maximum absolute atomic E-state index is 10.7. The van der Waals surface area contributed by atoms with Crippen LogP contribution in [0, 0.1) is 0 Å². The molecule has 1 aromatic heterocycles. The maximum atomic E-state index is 10.7. The van der Waals surface area contributed by atoms with E-state index in [2.05, 4.69) is 9.36 Å². The number of aliphatic carboxylic acids is 1. The minimum atomic E-state index is -0.885. The van der Waals surface area contributed by atoms with Gasteiger partial charge in [0.2, 0.25) is 5.13 Å². The third kappa shape index (κ3) is 3.74. The van der Waals surface area contributed by atoms with Crippen molar-refractivity contribution in [3.05, 3.63) is 5.82 Å². The molecule has 1 heterocycles. The molecule has 0 spiro atoms.